The van der Waals surface area contributed by atoms with E-state index in [1.54, 1.807) is 26.4 Å². The molecule has 7 heteroatoms. The second-order valence-electron chi connectivity index (χ2n) is 6.67. The van der Waals surface area contributed by atoms with E-state index in [0.29, 0.717) is 28.8 Å². The normalized spacial score (nSPS) is 13.2. The summed E-state index contributed by atoms with van der Waals surface area (Å²) in [6, 6.07) is 11.0. The third-order valence-electron chi connectivity index (χ3n) is 4.77. The number of rotatable bonds is 6. The van der Waals surface area contributed by atoms with Crippen LogP contribution in [0, 0.1) is 5.82 Å². The number of aromatic nitrogens is 2. The van der Waals surface area contributed by atoms with Gasteiger partial charge in [0.05, 0.1) is 25.6 Å². The van der Waals surface area contributed by atoms with E-state index in [1.165, 1.54) is 18.2 Å². The first kappa shape index (κ1) is 18.0. The number of ether oxygens (including phenoxy) is 2. The Balaban J connectivity index is 1.75. The van der Waals surface area contributed by atoms with Crippen molar-refractivity contribution in [2.45, 2.75) is 18.8 Å². The van der Waals surface area contributed by atoms with Gasteiger partial charge in [0.1, 0.15) is 23.0 Å². The molecule has 144 valence electrons. The standard InChI is InChI=1S/C21H20FN3O3/c1-27-15-8-9-16(17(11-15)28-2)19-20(18(24-25-19)12-6-7-12)23-21(26)13-4-3-5-14(22)10-13/h3-5,8-12H,6-7H2,1-2H3,(H,23,26)(H,24,25). The molecule has 3 aromatic rings. The van der Waals surface area contributed by atoms with Gasteiger partial charge < -0.3 is 14.8 Å². The summed E-state index contributed by atoms with van der Waals surface area (Å²) < 4.78 is 24.3. The smallest absolute Gasteiger partial charge is 0.255 e. The van der Waals surface area contributed by atoms with Gasteiger partial charge in [-0.3, -0.25) is 9.89 Å². The highest BCUT2D eigenvalue weighted by Crippen LogP contribution is 2.46. The summed E-state index contributed by atoms with van der Waals surface area (Å²) in [5.41, 5.74) is 3.01. The summed E-state index contributed by atoms with van der Waals surface area (Å²) in [6.07, 6.45) is 2.06. The summed E-state index contributed by atoms with van der Waals surface area (Å²) >= 11 is 0. The maximum atomic E-state index is 13.5. The van der Waals surface area contributed by atoms with E-state index in [9.17, 15) is 9.18 Å². The summed E-state index contributed by atoms with van der Waals surface area (Å²) in [4.78, 5) is 12.7. The van der Waals surface area contributed by atoms with Gasteiger partial charge in [0, 0.05) is 23.1 Å². The maximum Gasteiger partial charge on any atom is 0.255 e. The van der Waals surface area contributed by atoms with E-state index >= 15 is 0 Å². The number of carbonyl (C=O) groups excluding carboxylic acids is 1. The van der Waals surface area contributed by atoms with Gasteiger partial charge in [0.2, 0.25) is 0 Å². The number of amides is 1. The van der Waals surface area contributed by atoms with Gasteiger partial charge in [-0.2, -0.15) is 5.10 Å². The van der Waals surface area contributed by atoms with Crippen LogP contribution in [0.25, 0.3) is 11.3 Å². The van der Waals surface area contributed by atoms with Crippen LogP contribution >= 0.6 is 0 Å². The van der Waals surface area contributed by atoms with Crippen molar-refractivity contribution >= 4 is 11.6 Å². The highest BCUT2D eigenvalue weighted by atomic mass is 19.1. The summed E-state index contributed by atoms with van der Waals surface area (Å²) in [5.74, 6) is 0.711. The first-order valence-corrected chi connectivity index (χ1v) is 8.98. The number of aromatic amines is 1. The van der Waals surface area contributed by atoms with Crippen LogP contribution in [-0.2, 0) is 0 Å². The average Bonchev–Trinajstić information content (AvgIpc) is 3.48. The monoisotopic (exact) mass is 381 g/mol. The molecule has 6 nitrogen and oxygen atoms in total. The molecule has 0 unspecified atom stereocenters. The lowest BCUT2D eigenvalue weighted by molar-refractivity contribution is 0.102. The van der Waals surface area contributed by atoms with Crippen molar-refractivity contribution in [1.29, 1.82) is 0 Å². The Morgan fingerprint density at radius 3 is 2.68 bits per heavy atom. The average molecular weight is 381 g/mol. The number of nitrogens with one attached hydrogen (secondary N) is 2. The minimum Gasteiger partial charge on any atom is -0.497 e. The van der Waals surface area contributed by atoms with Crippen molar-refractivity contribution in [3.8, 4) is 22.8 Å². The number of hydrogen-bond acceptors (Lipinski definition) is 4. The number of methoxy groups -OCH3 is 2. The van der Waals surface area contributed by atoms with Crippen LogP contribution in [0.3, 0.4) is 0 Å². The molecule has 0 radical (unpaired) electrons. The minimum absolute atomic E-state index is 0.246. The number of H-pyrrole nitrogens is 1. The van der Waals surface area contributed by atoms with E-state index in [0.717, 1.165) is 24.1 Å². The Bertz CT molecular complexity index is 1030. The van der Waals surface area contributed by atoms with Crippen molar-refractivity contribution in [2.75, 3.05) is 19.5 Å². The highest BCUT2D eigenvalue weighted by molar-refractivity contribution is 6.06. The van der Waals surface area contributed by atoms with E-state index in [2.05, 4.69) is 15.5 Å². The van der Waals surface area contributed by atoms with Gasteiger partial charge in [-0.15, -0.1) is 0 Å². The molecule has 1 amide bonds. The molecular weight excluding hydrogens is 361 g/mol. The van der Waals surface area contributed by atoms with Crippen LogP contribution in [-0.4, -0.2) is 30.3 Å². The van der Waals surface area contributed by atoms with Gasteiger partial charge in [-0.05, 0) is 43.2 Å². The molecule has 1 saturated carbocycles. The Hall–Kier alpha value is -3.35. The summed E-state index contributed by atoms with van der Waals surface area (Å²) in [7, 11) is 3.15. The van der Waals surface area contributed by atoms with Gasteiger partial charge in [-0.25, -0.2) is 4.39 Å². The van der Waals surface area contributed by atoms with Crippen molar-refractivity contribution in [1.82, 2.24) is 10.2 Å². The second-order valence-corrected chi connectivity index (χ2v) is 6.67. The van der Waals surface area contributed by atoms with Crippen LogP contribution in [0.5, 0.6) is 11.5 Å². The number of anilines is 1. The maximum absolute atomic E-state index is 13.5. The third kappa shape index (κ3) is 3.43. The molecular formula is C21H20FN3O3. The molecule has 28 heavy (non-hydrogen) atoms. The van der Waals surface area contributed by atoms with E-state index < -0.39 is 11.7 Å². The molecule has 1 aliphatic carbocycles. The highest BCUT2D eigenvalue weighted by Gasteiger charge is 2.31. The van der Waals surface area contributed by atoms with E-state index in [-0.39, 0.29) is 5.56 Å². The number of carbonyl (C=O) groups is 1. The topological polar surface area (TPSA) is 76.2 Å². The molecule has 0 atom stereocenters. The Labute approximate surface area is 161 Å². The molecule has 0 spiro atoms. The molecule has 1 aromatic heterocycles. The zero-order valence-electron chi connectivity index (χ0n) is 15.6. The van der Waals surface area contributed by atoms with Crippen LogP contribution in [0.4, 0.5) is 10.1 Å². The second kappa shape index (κ2) is 7.34. The van der Waals surface area contributed by atoms with Gasteiger partial charge >= 0.3 is 0 Å². The van der Waals surface area contributed by atoms with Crippen LogP contribution in [0.15, 0.2) is 42.5 Å². The fourth-order valence-electron chi connectivity index (χ4n) is 3.15. The molecule has 1 heterocycles. The minimum atomic E-state index is -0.459. The SMILES string of the molecule is COc1ccc(-c2n[nH]c(C3CC3)c2NC(=O)c2cccc(F)c2)c(OC)c1. The quantitative estimate of drug-likeness (QED) is 0.665. The number of halogens is 1. The first-order chi connectivity index (χ1) is 13.6. The Kier molecular flexibility index (Phi) is 4.73. The molecule has 0 bridgehead atoms. The molecule has 0 saturated heterocycles. The third-order valence-corrected chi connectivity index (χ3v) is 4.77. The number of nitrogens with zero attached hydrogens (tertiary/aromatic N) is 1. The molecule has 2 aromatic carbocycles. The predicted molar refractivity (Wildman–Crippen MR) is 103 cm³/mol. The van der Waals surface area contributed by atoms with Crippen LogP contribution < -0.4 is 14.8 Å². The van der Waals surface area contributed by atoms with E-state index in [4.69, 9.17) is 9.47 Å². The van der Waals surface area contributed by atoms with Crippen molar-refractivity contribution in [3.05, 3.63) is 59.5 Å². The molecule has 1 fully saturated rings. The first-order valence-electron chi connectivity index (χ1n) is 8.98. The van der Waals surface area contributed by atoms with Crippen LogP contribution in [0.2, 0.25) is 0 Å². The van der Waals surface area contributed by atoms with Crippen LogP contribution in [0.1, 0.15) is 34.8 Å². The lowest BCUT2D eigenvalue weighted by atomic mass is 10.1. The molecule has 0 aliphatic heterocycles. The predicted octanol–water partition coefficient (Wildman–Crippen LogP) is 4.36. The lowest BCUT2D eigenvalue weighted by Gasteiger charge is -2.12. The summed E-state index contributed by atoms with van der Waals surface area (Å²) in [5, 5.41) is 10.4. The van der Waals surface area contributed by atoms with Gasteiger partial charge in [-0.1, -0.05) is 6.07 Å². The Morgan fingerprint density at radius 1 is 1.18 bits per heavy atom. The number of benzene rings is 2. The molecule has 1 aliphatic rings. The fraction of sp³-hybridized carbons (Fsp3) is 0.238. The lowest BCUT2D eigenvalue weighted by Crippen LogP contribution is -2.13. The van der Waals surface area contributed by atoms with Crippen molar-refractivity contribution < 1.29 is 18.7 Å². The van der Waals surface area contributed by atoms with Crippen molar-refractivity contribution in [2.24, 2.45) is 0 Å². The number of hydrogen-bond donors (Lipinski definition) is 2. The van der Waals surface area contributed by atoms with E-state index in [1.807, 2.05) is 12.1 Å². The molecule has 4 rings (SSSR count). The summed E-state index contributed by atoms with van der Waals surface area (Å²) in [6.45, 7) is 0. The Morgan fingerprint density at radius 2 is 2.00 bits per heavy atom. The molecule has 2 N–H and O–H groups in total. The largest absolute Gasteiger partial charge is 0.497 e. The van der Waals surface area contributed by atoms with Gasteiger partial charge in [0.25, 0.3) is 5.91 Å². The fourth-order valence-corrected chi connectivity index (χ4v) is 3.15. The van der Waals surface area contributed by atoms with Gasteiger partial charge in [0.15, 0.2) is 0 Å². The zero-order chi connectivity index (χ0) is 19.7. The zero-order valence-corrected chi connectivity index (χ0v) is 15.6. The van der Waals surface area contributed by atoms with Crippen molar-refractivity contribution in [3.63, 3.8) is 0 Å².